The van der Waals surface area contributed by atoms with Crippen LogP contribution in [0.1, 0.15) is 16.7 Å². The lowest BCUT2D eigenvalue weighted by Crippen LogP contribution is -2.43. The number of hydrogen-bond acceptors (Lipinski definition) is 2. The molecule has 1 amide bonds. The van der Waals surface area contributed by atoms with Gasteiger partial charge in [0.05, 0.1) is 18.7 Å². The summed E-state index contributed by atoms with van der Waals surface area (Å²) >= 11 is 0. The number of nitrogens with zero attached hydrogens (tertiary/aromatic N) is 2. The fourth-order valence-corrected chi connectivity index (χ4v) is 2.53. The third-order valence-electron chi connectivity index (χ3n) is 4.18. The van der Waals surface area contributed by atoms with Gasteiger partial charge in [-0.3, -0.25) is 4.79 Å². The van der Waals surface area contributed by atoms with Gasteiger partial charge in [-0.2, -0.15) is 13.2 Å². The summed E-state index contributed by atoms with van der Waals surface area (Å²) in [7, 11) is 3.22. The second-order valence-electron chi connectivity index (χ2n) is 6.81. The fraction of sp³-hybridized carbons (Fsp3) is 0.333. The highest BCUT2D eigenvalue weighted by Crippen LogP contribution is 2.29. The Labute approximate surface area is 195 Å². The van der Waals surface area contributed by atoms with Crippen LogP contribution in [0.25, 0.3) is 0 Å². The molecule has 2 aromatic rings. The Balaban J connectivity index is 0.00000480. The maximum absolute atomic E-state index is 13.3. The molecule has 0 aromatic heterocycles. The molecule has 31 heavy (non-hydrogen) atoms. The first kappa shape index (κ1) is 26.7. The fourth-order valence-electron chi connectivity index (χ4n) is 2.53. The van der Waals surface area contributed by atoms with Crippen molar-refractivity contribution in [1.29, 1.82) is 0 Å². The van der Waals surface area contributed by atoms with Crippen LogP contribution >= 0.6 is 24.0 Å². The molecule has 2 N–H and O–H groups in total. The van der Waals surface area contributed by atoms with Crippen molar-refractivity contribution in [2.75, 3.05) is 27.2 Å². The Hall–Kier alpha value is -2.37. The molecule has 0 radical (unpaired) electrons. The van der Waals surface area contributed by atoms with E-state index in [1.165, 1.54) is 23.1 Å². The number of hydrogen-bond donors (Lipinski definition) is 2. The van der Waals surface area contributed by atoms with Crippen LogP contribution in [-0.2, 0) is 23.9 Å². The van der Waals surface area contributed by atoms with E-state index < -0.39 is 11.7 Å². The summed E-state index contributed by atoms with van der Waals surface area (Å²) in [5.74, 6) is -0.242. The van der Waals surface area contributed by atoms with Crippen LogP contribution < -0.4 is 10.6 Å². The number of nitrogens with one attached hydrogen (secondary N) is 2. The summed E-state index contributed by atoms with van der Waals surface area (Å²) in [6.45, 7) is 0.366. The molecule has 0 aliphatic heterocycles. The van der Waals surface area contributed by atoms with E-state index in [0.29, 0.717) is 18.5 Å². The van der Waals surface area contributed by atoms with Gasteiger partial charge < -0.3 is 15.5 Å². The Morgan fingerprint density at radius 2 is 1.71 bits per heavy atom. The summed E-state index contributed by atoms with van der Waals surface area (Å²) < 4.78 is 51.9. The van der Waals surface area contributed by atoms with Crippen molar-refractivity contribution in [2.24, 2.45) is 4.99 Å². The van der Waals surface area contributed by atoms with Crippen molar-refractivity contribution < 1.29 is 22.4 Å². The number of halogens is 5. The van der Waals surface area contributed by atoms with Crippen molar-refractivity contribution in [1.82, 2.24) is 15.5 Å². The summed E-state index contributed by atoms with van der Waals surface area (Å²) in [5.41, 5.74) is 0.422. The number of amides is 1. The number of alkyl halides is 3. The lowest BCUT2D eigenvalue weighted by Gasteiger charge is -2.15. The topological polar surface area (TPSA) is 56.7 Å². The first-order valence-electron chi connectivity index (χ1n) is 9.28. The molecule has 2 rings (SSSR count). The highest BCUT2D eigenvalue weighted by molar-refractivity contribution is 14.0. The minimum absolute atomic E-state index is 0. The quantitative estimate of drug-likeness (QED) is 0.238. The van der Waals surface area contributed by atoms with Crippen LogP contribution in [0.5, 0.6) is 0 Å². The molecule has 5 nitrogen and oxygen atoms in total. The first-order valence-corrected chi connectivity index (χ1v) is 9.28. The minimum atomic E-state index is -4.43. The SMILES string of the molecule is CN(C)C(=O)CNC(=NCc1cccc(C(F)(F)F)c1)NCCc1cccc(F)c1.I. The van der Waals surface area contributed by atoms with Gasteiger partial charge in [-0.25, -0.2) is 9.38 Å². The lowest BCUT2D eigenvalue weighted by molar-refractivity contribution is -0.137. The molecule has 2 aromatic carbocycles. The van der Waals surface area contributed by atoms with Crippen molar-refractivity contribution in [2.45, 2.75) is 19.1 Å². The number of likely N-dealkylation sites (N-methyl/N-ethyl adjacent to an activating group) is 1. The molecule has 0 heterocycles. The van der Waals surface area contributed by atoms with Gasteiger partial charge in [-0.15, -0.1) is 24.0 Å². The Morgan fingerprint density at radius 1 is 1.03 bits per heavy atom. The van der Waals surface area contributed by atoms with Crippen molar-refractivity contribution >= 4 is 35.8 Å². The normalized spacial score (nSPS) is 11.5. The van der Waals surface area contributed by atoms with Crippen LogP contribution in [-0.4, -0.2) is 44.0 Å². The molecule has 10 heteroatoms. The number of carbonyl (C=O) groups is 1. The molecule has 0 fully saturated rings. The highest BCUT2D eigenvalue weighted by atomic mass is 127. The summed E-state index contributed by atoms with van der Waals surface area (Å²) in [6, 6.07) is 11.1. The van der Waals surface area contributed by atoms with E-state index in [2.05, 4.69) is 15.6 Å². The zero-order chi connectivity index (χ0) is 22.1. The molecule has 0 bridgehead atoms. The van der Waals surface area contributed by atoms with E-state index in [1.54, 1.807) is 32.3 Å². The maximum atomic E-state index is 13.3. The second-order valence-corrected chi connectivity index (χ2v) is 6.81. The molecule has 170 valence electrons. The largest absolute Gasteiger partial charge is 0.416 e. The Bertz CT molecular complexity index is 888. The zero-order valence-corrected chi connectivity index (χ0v) is 19.5. The van der Waals surface area contributed by atoms with Crippen LogP contribution in [0.3, 0.4) is 0 Å². The Morgan fingerprint density at radius 3 is 2.35 bits per heavy atom. The van der Waals surface area contributed by atoms with Crippen LogP contribution in [0.4, 0.5) is 17.6 Å². The summed E-state index contributed by atoms with van der Waals surface area (Å²) in [5, 5.41) is 5.89. The molecular formula is C21H25F4IN4O. The van der Waals surface area contributed by atoms with E-state index in [4.69, 9.17) is 0 Å². The molecule has 0 atom stereocenters. The maximum Gasteiger partial charge on any atom is 0.416 e. The second kappa shape index (κ2) is 12.5. The number of guanidine groups is 1. The van der Waals surface area contributed by atoms with E-state index in [1.807, 2.05) is 0 Å². The third kappa shape index (κ3) is 9.53. The van der Waals surface area contributed by atoms with E-state index in [0.717, 1.165) is 17.7 Å². The number of aliphatic imine (C=N–C) groups is 1. The van der Waals surface area contributed by atoms with E-state index >= 15 is 0 Å². The smallest absolute Gasteiger partial charge is 0.356 e. The predicted octanol–water partition coefficient (Wildman–Crippen LogP) is 3.83. The highest BCUT2D eigenvalue weighted by Gasteiger charge is 2.30. The van der Waals surface area contributed by atoms with Gasteiger partial charge >= 0.3 is 6.18 Å². The van der Waals surface area contributed by atoms with E-state index in [-0.39, 0.29) is 54.8 Å². The molecule has 0 aliphatic rings. The van der Waals surface area contributed by atoms with Crippen LogP contribution in [0.15, 0.2) is 53.5 Å². The molecule has 0 aliphatic carbocycles. The number of benzene rings is 2. The van der Waals surface area contributed by atoms with Crippen molar-refractivity contribution in [3.63, 3.8) is 0 Å². The standard InChI is InChI=1S/C21H24F4N4O.HI/c1-29(2)19(30)14-28-20(26-10-9-15-5-4-8-18(22)12-15)27-13-16-6-3-7-17(11-16)21(23,24)25;/h3-8,11-12H,9-10,13-14H2,1-2H3,(H2,26,27,28);1H. The first-order chi connectivity index (χ1) is 14.1. The minimum Gasteiger partial charge on any atom is -0.356 e. The third-order valence-corrected chi connectivity index (χ3v) is 4.18. The van der Waals surface area contributed by atoms with E-state index in [9.17, 15) is 22.4 Å². The molecular weight excluding hydrogens is 527 g/mol. The number of rotatable bonds is 7. The van der Waals surface area contributed by atoms with Gasteiger partial charge in [0, 0.05) is 20.6 Å². The predicted molar refractivity (Wildman–Crippen MR) is 123 cm³/mol. The van der Waals surface area contributed by atoms with Crippen LogP contribution in [0.2, 0.25) is 0 Å². The summed E-state index contributed by atoms with van der Waals surface area (Å²) in [4.78, 5) is 17.5. The van der Waals surface area contributed by atoms with Gasteiger partial charge in [0.2, 0.25) is 5.91 Å². The van der Waals surface area contributed by atoms with Crippen molar-refractivity contribution in [3.8, 4) is 0 Å². The van der Waals surface area contributed by atoms with Gasteiger partial charge in [-0.05, 0) is 41.8 Å². The lowest BCUT2D eigenvalue weighted by atomic mass is 10.1. The molecule has 0 spiro atoms. The van der Waals surface area contributed by atoms with Gasteiger partial charge in [0.25, 0.3) is 0 Å². The Kier molecular flexibility index (Phi) is 10.7. The van der Waals surface area contributed by atoms with Gasteiger partial charge in [-0.1, -0.05) is 24.3 Å². The summed E-state index contributed by atoms with van der Waals surface area (Å²) in [6.07, 6.45) is -3.92. The van der Waals surface area contributed by atoms with Crippen LogP contribution in [0, 0.1) is 5.82 Å². The van der Waals surface area contributed by atoms with Gasteiger partial charge in [0.15, 0.2) is 5.96 Å². The van der Waals surface area contributed by atoms with Crippen molar-refractivity contribution in [3.05, 3.63) is 71.0 Å². The number of carbonyl (C=O) groups excluding carboxylic acids is 1. The zero-order valence-electron chi connectivity index (χ0n) is 17.2. The average Bonchev–Trinajstić information content (AvgIpc) is 2.69. The molecule has 0 unspecified atom stereocenters. The average molecular weight is 552 g/mol. The molecule has 0 saturated carbocycles. The monoisotopic (exact) mass is 552 g/mol. The molecule has 0 saturated heterocycles. The van der Waals surface area contributed by atoms with Gasteiger partial charge in [0.1, 0.15) is 5.82 Å².